The van der Waals surface area contributed by atoms with Gasteiger partial charge in [0, 0.05) is 39.3 Å². The zero-order chi connectivity index (χ0) is 19.9. The topological polar surface area (TPSA) is 71.4 Å². The SMILES string of the molecule is CN1CCN(Cc2ccc(CNC(=O)Nc3ccc(F)cc3C#N)cc2)CC1. The minimum Gasteiger partial charge on any atom is -0.334 e. The third-order valence-corrected chi connectivity index (χ3v) is 4.83. The summed E-state index contributed by atoms with van der Waals surface area (Å²) in [6.07, 6.45) is 0. The quantitative estimate of drug-likeness (QED) is 0.836. The Morgan fingerprint density at radius 3 is 2.46 bits per heavy atom. The van der Waals surface area contributed by atoms with Crippen LogP contribution in [0.25, 0.3) is 0 Å². The molecule has 2 N–H and O–H groups in total. The van der Waals surface area contributed by atoms with E-state index in [4.69, 9.17) is 5.26 Å². The Morgan fingerprint density at radius 2 is 1.79 bits per heavy atom. The highest BCUT2D eigenvalue weighted by Crippen LogP contribution is 2.16. The van der Waals surface area contributed by atoms with Gasteiger partial charge < -0.3 is 15.5 Å². The second kappa shape index (κ2) is 9.31. The molecule has 1 heterocycles. The number of nitriles is 1. The molecule has 1 saturated heterocycles. The van der Waals surface area contributed by atoms with E-state index >= 15 is 0 Å². The fraction of sp³-hybridized carbons (Fsp3) is 0.333. The molecular weight excluding hydrogens is 357 g/mol. The number of hydrogen-bond acceptors (Lipinski definition) is 4. The van der Waals surface area contributed by atoms with Gasteiger partial charge in [0.1, 0.15) is 11.9 Å². The lowest BCUT2D eigenvalue weighted by atomic mass is 10.1. The minimum absolute atomic E-state index is 0.0865. The number of amides is 2. The molecule has 6 nitrogen and oxygen atoms in total. The van der Waals surface area contributed by atoms with Crippen LogP contribution < -0.4 is 10.6 Å². The molecule has 0 spiro atoms. The average Bonchev–Trinajstić information content (AvgIpc) is 2.70. The van der Waals surface area contributed by atoms with Gasteiger partial charge in [-0.1, -0.05) is 24.3 Å². The maximum absolute atomic E-state index is 13.2. The summed E-state index contributed by atoms with van der Waals surface area (Å²) < 4.78 is 13.2. The number of hydrogen-bond donors (Lipinski definition) is 2. The van der Waals surface area contributed by atoms with Crippen LogP contribution in [0.5, 0.6) is 0 Å². The molecule has 1 fully saturated rings. The van der Waals surface area contributed by atoms with Gasteiger partial charge in [-0.05, 0) is 36.4 Å². The zero-order valence-corrected chi connectivity index (χ0v) is 15.9. The second-order valence-electron chi connectivity index (χ2n) is 7.01. The fourth-order valence-corrected chi connectivity index (χ4v) is 3.09. The van der Waals surface area contributed by atoms with Gasteiger partial charge in [0.25, 0.3) is 0 Å². The minimum atomic E-state index is -0.515. The van der Waals surface area contributed by atoms with Gasteiger partial charge in [-0.15, -0.1) is 0 Å². The van der Waals surface area contributed by atoms with E-state index in [0.29, 0.717) is 6.54 Å². The second-order valence-corrected chi connectivity index (χ2v) is 7.01. The Bertz CT molecular complexity index is 854. The number of anilines is 1. The monoisotopic (exact) mass is 381 g/mol. The summed E-state index contributed by atoms with van der Waals surface area (Å²) >= 11 is 0. The third-order valence-electron chi connectivity index (χ3n) is 4.83. The maximum Gasteiger partial charge on any atom is 0.319 e. The first-order valence-corrected chi connectivity index (χ1v) is 9.27. The third kappa shape index (κ3) is 5.52. The molecule has 0 radical (unpaired) electrons. The number of piperazine rings is 1. The highest BCUT2D eigenvalue weighted by molar-refractivity contribution is 5.90. The number of benzene rings is 2. The summed E-state index contributed by atoms with van der Waals surface area (Å²) in [5, 5.41) is 14.4. The van der Waals surface area contributed by atoms with E-state index in [1.807, 2.05) is 18.2 Å². The molecule has 3 rings (SSSR count). The van der Waals surface area contributed by atoms with E-state index < -0.39 is 11.8 Å². The van der Waals surface area contributed by atoms with Crippen LogP contribution in [0.3, 0.4) is 0 Å². The lowest BCUT2D eigenvalue weighted by Crippen LogP contribution is -2.43. The van der Waals surface area contributed by atoms with Crippen molar-refractivity contribution < 1.29 is 9.18 Å². The van der Waals surface area contributed by atoms with E-state index in [9.17, 15) is 9.18 Å². The van der Waals surface area contributed by atoms with E-state index in [0.717, 1.165) is 44.4 Å². The highest BCUT2D eigenvalue weighted by atomic mass is 19.1. The van der Waals surface area contributed by atoms with Crippen LogP contribution in [-0.2, 0) is 13.1 Å². The smallest absolute Gasteiger partial charge is 0.319 e. The number of carbonyl (C=O) groups excluding carboxylic acids is 1. The number of carbonyl (C=O) groups is 1. The fourth-order valence-electron chi connectivity index (χ4n) is 3.09. The average molecular weight is 381 g/mol. The van der Waals surface area contributed by atoms with Crippen molar-refractivity contribution in [2.75, 3.05) is 38.5 Å². The van der Waals surface area contributed by atoms with Gasteiger partial charge in [0.15, 0.2) is 0 Å². The molecular formula is C21H24FN5O. The van der Waals surface area contributed by atoms with Crippen LogP contribution in [0.15, 0.2) is 42.5 Å². The first kappa shape index (κ1) is 19.8. The number of rotatable bonds is 5. The molecule has 0 aliphatic carbocycles. The molecule has 7 heteroatoms. The van der Waals surface area contributed by atoms with E-state index in [2.05, 4.69) is 39.6 Å². The summed E-state index contributed by atoms with van der Waals surface area (Å²) in [5.74, 6) is -0.515. The Labute approximate surface area is 164 Å². The van der Waals surface area contributed by atoms with Crippen molar-refractivity contribution in [3.63, 3.8) is 0 Å². The molecule has 1 aliphatic rings. The molecule has 28 heavy (non-hydrogen) atoms. The predicted molar refractivity (Wildman–Crippen MR) is 106 cm³/mol. The summed E-state index contributed by atoms with van der Waals surface area (Å²) in [7, 11) is 2.15. The number of nitrogens with one attached hydrogen (secondary N) is 2. The summed E-state index contributed by atoms with van der Waals surface area (Å²) in [6.45, 7) is 5.65. The molecule has 2 amide bonds. The van der Waals surface area contributed by atoms with Crippen LogP contribution in [0.4, 0.5) is 14.9 Å². The van der Waals surface area contributed by atoms with E-state index in [-0.39, 0.29) is 11.3 Å². The van der Waals surface area contributed by atoms with Crippen molar-refractivity contribution in [3.8, 4) is 6.07 Å². The van der Waals surface area contributed by atoms with Crippen molar-refractivity contribution in [1.29, 1.82) is 5.26 Å². The van der Waals surface area contributed by atoms with Gasteiger partial charge in [-0.2, -0.15) is 5.26 Å². The first-order valence-electron chi connectivity index (χ1n) is 9.27. The van der Waals surface area contributed by atoms with Crippen LogP contribution in [0.1, 0.15) is 16.7 Å². The van der Waals surface area contributed by atoms with Crippen molar-refractivity contribution in [2.45, 2.75) is 13.1 Å². The summed E-state index contributed by atoms with van der Waals surface area (Å²) in [4.78, 5) is 16.8. The normalized spacial score (nSPS) is 15.0. The Morgan fingerprint density at radius 1 is 1.11 bits per heavy atom. The number of nitrogens with zero attached hydrogens (tertiary/aromatic N) is 3. The molecule has 0 saturated carbocycles. The standard InChI is InChI=1S/C21H24FN5O/c1-26-8-10-27(11-9-26)15-17-4-2-16(3-5-17)14-24-21(28)25-20-7-6-19(22)12-18(20)13-23/h2-7,12H,8-11,14-15H2,1H3,(H2,24,25,28). The van der Waals surface area contributed by atoms with E-state index in [1.165, 1.54) is 17.7 Å². The number of likely N-dealkylation sites (N-methyl/N-ethyl adjacent to an activating group) is 1. The lowest BCUT2D eigenvalue weighted by Gasteiger charge is -2.32. The number of urea groups is 1. The number of halogens is 1. The first-order chi connectivity index (χ1) is 13.5. The van der Waals surface area contributed by atoms with Crippen LogP contribution in [-0.4, -0.2) is 49.1 Å². The summed E-state index contributed by atoms with van der Waals surface area (Å²) in [6, 6.07) is 13.3. The lowest BCUT2D eigenvalue weighted by molar-refractivity contribution is 0.148. The molecule has 146 valence electrons. The maximum atomic E-state index is 13.2. The molecule has 2 aromatic rings. The van der Waals surface area contributed by atoms with Crippen molar-refractivity contribution in [2.24, 2.45) is 0 Å². The molecule has 0 unspecified atom stereocenters. The van der Waals surface area contributed by atoms with Gasteiger partial charge >= 0.3 is 6.03 Å². The largest absolute Gasteiger partial charge is 0.334 e. The summed E-state index contributed by atoms with van der Waals surface area (Å²) in [5.41, 5.74) is 2.60. The molecule has 0 aromatic heterocycles. The Balaban J connectivity index is 1.48. The van der Waals surface area contributed by atoms with Crippen LogP contribution in [0.2, 0.25) is 0 Å². The predicted octanol–water partition coefficient (Wildman–Crippen LogP) is 2.77. The van der Waals surface area contributed by atoms with E-state index in [1.54, 1.807) is 0 Å². The Kier molecular flexibility index (Phi) is 6.58. The van der Waals surface area contributed by atoms with Crippen LogP contribution >= 0.6 is 0 Å². The van der Waals surface area contributed by atoms with Crippen molar-refractivity contribution in [3.05, 3.63) is 65.0 Å². The molecule has 0 bridgehead atoms. The van der Waals surface area contributed by atoms with Crippen LogP contribution in [0, 0.1) is 17.1 Å². The van der Waals surface area contributed by atoms with Crippen molar-refractivity contribution >= 4 is 11.7 Å². The van der Waals surface area contributed by atoms with Gasteiger partial charge in [-0.25, -0.2) is 9.18 Å². The Hall–Kier alpha value is -2.95. The molecule has 2 aromatic carbocycles. The van der Waals surface area contributed by atoms with Gasteiger partial charge in [0.05, 0.1) is 11.3 Å². The molecule has 1 aliphatic heterocycles. The van der Waals surface area contributed by atoms with Gasteiger partial charge in [-0.3, -0.25) is 4.90 Å². The zero-order valence-electron chi connectivity index (χ0n) is 15.9. The van der Waals surface area contributed by atoms with Gasteiger partial charge in [0.2, 0.25) is 0 Å². The molecule has 0 atom stereocenters. The van der Waals surface area contributed by atoms with Crippen molar-refractivity contribution in [1.82, 2.24) is 15.1 Å². The highest BCUT2D eigenvalue weighted by Gasteiger charge is 2.13.